The molecule has 0 aliphatic rings. The van der Waals surface area contributed by atoms with Crippen molar-refractivity contribution in [1.29, 1.82) is 0 Å². The van der Waals surface area contributed by atoms with Gasteiger partial charge in [0.25, 0.3) is 5.91 Å². The average molecular weight is 384 g/mol. The topological polar surface area (TPSA) is 69.8 Å². The van der Waals surface area contributed by atoms with Crippen LogP contribution in [0.2, 0.25) is 0 Å². The van der Waals surface area contributed by atoms with E-state index >= 15 is 0 Å². The molecule has 0 spiro atoms. The van der Waals surface area contributed by atoms with Crippen LogP contribution < -0.4 is 10.6 Å². The van der Waals surface area contributed by atoms with Gasteiger partial charge in [-0.05, 0) is 61.2 Å². The van der Waals surface area contributed by atoms with Gasteiger partial charge in [-0.2, -0.15) is 0 Å². The number of hydrogen-bond donors (Lipinski definition) is 3. The van der Waals surface area contributed by atoms with E-state index in [1.807, 2.05) is 37.3 Å². The number of benzene rings is 2. The largest absolute Gasteiger partial charge is 0.383 e. The number of H-pyrrole nitrogens is 1. The molecule has 0 saturated carbocycles. The average Bonchev–Trinajstić information content (AvgIpc) is 3.14. The van der Waals surface area contributed by atoms with Crippen molar-refractivity contribution in [3.05, 3.63) is 89.4 Å². The van der Waals surface area contributed by atoms with Crippen molar-refractivity contribution in [2.75, 3.05) is 17.2 Å². The molecule has 5 heteroatoms. The molecule has 2 heterocycles. The van der Waals surface area contributed by atoms with Gasteiger partial charge in [0.15, 0.2) is 0 Å². The summed E-state index contributed by atoms with van der Waals surface area (Å²) in [6.07, 6.45) is 6.25. The number of nitrogens with one attached hydrogen (secondary N) is 3. The second-order valence-corrected chi connectivity index (χ2v) is 7.25. The number of amides is 1. The lowest BCUT2D eigenvalue weighted by atomic mass is 10.1. The predicted octanol–water partition coefficient (Wildman–Crippen LogP) is 5.09. The number of carbonyl (C=O) groups is 1. The number of anilines is 2. The molecule has 0 aliphatic carbocycles. The van der Waals surface area contributed by atoms with Crippen LogP contribution in [0.1, 0.15) is 27.0 Å². The number of aromatic amines is 1. The zero-order chi connectivity index (χ0) is 20.2. The fraction of sp³-hybridized carbons (Fsp3) is 0.167. The number of aromatic nitrogens is 2. The van der Waals surface area contributed by atoms with Crippen LogP contribution in [0.4, 0.5) is 11.4 Å². The van der Waals surface area contributed by atoms with Crippen LogP contribution in [0.3, 0.4) is 0 Å². The Balaban J connectivity index is 1.39. The molecule has 29 heavy (non-hydrogen) atoms. The van der Waals surface area contributed by atoms with E-state index in [2.05, 4.69) is 51.9 Å². The van der Waals surface area contributed by atoms with E-state index in [1.54, 1.807) is 12.4 Å². The highest BCUT2D eigenvalue weighted by atomic mass is 16.1. The first-order valence-corrected chi connectivity index (χ1v) is 9.73. The maximum atomic E-state index is 12.6. The Morgan fingerprint density at radius 3 is 2.72 bits per heavy atom. The van der Waals surface area contributed by atoms with Crippen LogP contribution in [0.15, 0.2) is 67.1 Å². The number of pyridine rings is 1. The number of rotatable bonds is 6. The highest BCUT2D eigenvalue weighted by Crippen LogP contribution is 2.19. The SMILES string of the molecule is Cc1ccc(NC(=O)c2cncc(NCCc3c[nH]c4ccccc34)c2)cc1C. The molecule has 0 aliphatic heterocycles. The molecule has 3 N–H and O–H groups in total. The van der Waals surface area contributed by atoms with Crippen LogP contribution in [0.25, 0.3) is 10.9 Å². The lowest BCUT2D eigenvalue weighted by Gasteiger charge is -2.10. The summed E-state index contributed by atoms with van der Waals surface area (Å²) < 4.78 is 0. The molecule has 4 aromatic rings. The normalized spacial score (nSPS) is 10.8. The lowest BCUT2D eigenvalue weighted by Crippen LogP contribution is -2.13. The summed E-state index contributed by atoms with van der Waals surface area (Å²) in [7, 11) is 0. The number of fused-ring (bicyclic) bond motifs is 1. The van der Waals surface area contributed by atoms with Crippen LogP contribution in [-0.2, 0) is 6.42 Å². The number of carbonyl (C=O) groups excluding carboxylic acids is 1. The van der Waals surface area contributed by atoms with Crippen molar-refractivity contribution >= 4 is 28.2 Å². The van der Waals surface area contributed by atoms with Crippen molar-refractivity contribution in [1.82, 2.24) is 9.97 Å². The molecular formula is C24H24N4O. The summed E-state index contributed by atoms with van der Waals surface area (Å²) in [6.45, 7) is 4.84. The van der Waals surface area contributed by atoms with Crippen LogP contribution in [-0.4, -0.2) is 22.4 Å². The van der Waals surface area contributed by atoms with Gasteiger partial charge in [0, 0.05) is 41.7 Å². The first kappa shape index (κ1) is 18.7. The van der Waals surface area contributed by atoms with Crippen LogP contribution in [0, 0.1) is 13.8 Å². The summed E-state index contributed by atoms with van der Waals surface area (Å²) in [6, 6.07) is 16.0. The highest BCUT2D eigenvalue weighted by molar-refractivity contribution is 6.04. The number of aryl methyl sites for hydroxylation is 2. The van der Waals surface area contributed by atoms with E-state index < -0.39 is 0 Å². The predicted molar refractivity (Wildman–Crippen MR) is 119 cm³/mol. The molecule has 1 amide bonds. The second kappa shape index (κ2) is 8.19. The molecular weight excluding hydrogens is 360 g/mol. The Kier molecular flexibility index (Phi) is 5.29. The van der Waals surface area contributed by atoms with E-state index in [1.165, 1.54) is 16.5 Å². The van der Waals surface area contributed by atoms with E-state index in [4.69, 9.17) is 0 Å². The van der Waals surface area contributed by atoms with Crippen molar-refractivity contribution in [3.63, 3.8) is 0 Å². The highest BCUT2D eigenvalue weighted by Gasteiger charge is 2.09. The summed E-state index contributed by atoms with van der Waals surface area (Å²) in [4.78, 5) is 20.1. The summed E-state index contributed by atoms with van der Waals surface area (Å²) >= 11 is 0. The van der Waals surface area contributed by atoms with Crippen LogP contribution in [0.5, 0.6) is 0 Å². The molecule has 0 unspecified atom stereocenters. The van der Waals surface area contributed by atoms with Gasteiger partial charge in [-0.25, -0.2) is 0 Å². The van der Waals surface area contributed by atoms with Gasteiger partial charge in [0.1, 0.15) is 0 Å². The smallest absolute Gasteiger partial charge is 0.257 e. The van der Waals surface area contributed by atoms with Crippen molar-refractivity contribution in [2.45, 2.75) is 20.3 Å². The van der Waals surface area contributed by atoms with Crippen LogP contribution >= 0.6 is 0 Å². The van der Waals surface area contributed by atoms with Gasteiger partial charge in [0.05, 0.1) is 11.3 Å². The fourth-order valence-electron chi connectivity index (χ4n) is 3.36. The standard InChI is InChI=1S/C24H24N4O/c1-16-7-8-20(11-17(16)2)28-24(29)19-12-21(15-25-13-19)26-10-9-18-14-27-23-6-4-3-5-22(18)23/h3-8,11-15,26-27H,9-10H2,1-2H3,(H,28,29). The lowest BCUT2D eigenvalue weighted by molar-refractivity contribution is 0.102. The number of para-hydroxylation sites is 1. The minimum Gasteiger partial charge on any atom is -0.383 e. The van der Waals surface area contributed by atoms with Crippen molar-refractivity contribution in [3.8, 4) is 0 Å². The second-order valence-electron chi connectivity index (χ2n) is 7.25. The van der Waals surface area contributed by atoms with Crippen molar-refractivity contribution < 1.29 is 4.79 Å². The summed E-state index contributed by atoms with van der Waals surface area (Å²) in [5.74, 6) is -0.166. The molecule has 0 fully saturated rings. The minimum atomic E-state index is -0.166. The molecule has 0 atom stereocenters. The Morgan fingerprint density at radius 2 is 1.86 bits per heavy atom. The van der Waals surface area contributed by atoms with E-state index in [0.717, 1.165) is 35.4 Å². The van der Waals surface area contributed by atoms with E-state index in [9.17, 15) is 4.79 Å². The third-order valence-corrected chi connectivity index (χ3v) is 5.16. The summed E-state index contributed by atoms with van der Waals surface area (Å²) in [5.41, 5.74) is 6.91. The molecule has 4 rings (SSSR count). The third kappa shape index (κ3) is 4.29. The van der Waals surface area contributed by atoms with Gasteiger partial charge in [0.2, 0.25) is 0 Å². The van der Waals surface area contributed by atoms with E-state index in [0.29, 0.717) is 5.56 Å². The minimum absolute atomic E-state index is 0.166. The monoisotopic (exact) mass is 384 g/mol. The molecule has 2 aromatic carbocycles. The van der Waals surface area contributed by atoms with Gasteiger partial charge >= 0.3 is 0 Å². The molecule has 2 aromatic heterocycles. The molecule has 0 saturated heterocycles. The molecule has 146 valence electrons. The Hall–Kier alpha value is -3.60. The summed E-state index contributed by atoms with van der Waals surface area (Å²) in [5, 5.41) is 7.55. The zero-order valence-corrected chi connectivity index (χ0v) is 16.6. The Labute approximate surface area is 170 Å². The first-order valence-electron chi connectivity index (χ1n) is 9.73. The Morgan fingerprint density at radius 1 is 1.00 bits per heavy atom. The fourth-order valence-corrected chi connectivity index (χ4v) is 3.36. The quantitative estimate of drug-likeness (QED) is 0.434. The van der Waals surface area contributed by atoms with Crippen molar-refractivity contribution in [2.24, 2.45) is 0 Å². The van der Waals surface area contributed by atoms with Gasteiger partial charge < -0.3 is 15.6 Å². The van der Waals surface area contributed by atoms with E-state index in [-0.39, 0.29) is 5.91 Å². The van der Waals surface area contributed by atoms with Gasteiger partial charge in [-0.15, -0.1) is 0 Å². The number of nitrogens with zero attached hydrogens (tertiary/aromatic N) is 1. The maximum absolute atomic E-state index is 12.6. The molecule has 5 nitrogen and oxygen atoms in total. The van der Waals surface area contributed by atoms with Gasteiger partial charge in [-0.3, -0.25) is 9.78 Å². The number of hydrogen-bond acceptors (Lipinski definition) is 3. The zero-order valence-electron chi connectivity index (χ0n) is 16.6. The first-order chi connectivity index (χ1) is 14.1. The Bertz CT molecular complexity index is 1160. The van der Waals surface area contributed by atoms with Gasteiger partial charge in [-0.1, -0.05) is 24.3 Å². The third-order valence-electron chi connectivity index (χ3n) is 5.16. The molecule has 0 radical (unpaired) electrons. The maximum Gasteiger partial charge on any atom is 0.257 e. The molecule has 0 bridgehead atoms.